The van der Waals surface area contributed by atoms with E-state index in [1.54, 1.807) is 6.92 Å². The number of benzene rings is 1. The van der Waals surface area contributed by atoms with Crippen LogP contribution in [0.2, 0.25) is 0 Å². The largest absolute Gasteiger partial charge is 0.321 e. The lowest BCUT2D eigenvalue weighted by atomic mass is 9.94. The monoisotopic (exact) mass is 257 g/mol. The van der Waals surface area contributed by atoms with E-state index in [1.165, 1.54) is 6.07 Å². The van der Waals surface area contributed by atoms with Crippen molar-refractivity contribution in [1.82, 2.24) is 0 Å². The molecular weight excluding hydrogens is 245 g/mol. The van der Waals surface area contributed by atoms with Gasteiger partial charge in [0, 0.05) is 10.0 Å². The molecule has 0 spiro atoms. The first kappa shape index (κ1) is 10.1. The Morgan fingerprint density at radius 1 is 1.36 bits per heavy atom. The summed E-state index contributed by atoms with van der Waals surface area (Å²) in [4.78, 5) is 0. The third-order valence-electron chi connectivity index (χ3n) is 3.01. The highest BCUT2D eigenvalue weighted by molar-refractivity contribution is 9.10. The summed E-state index contributed by atoms with van der Waals surface area (Å²) in [6.45, 7) is 3.79. The molecule has 0 bridgehead atoms. The van der Waals surface area contributed by atoms with E-state index in [0.29, 0.717) is 5.56 Å². The molecule has 1 aliphatic carbocycles. The lowest BCUT2D eigenvalue weighted by molar-refractivity contribution is 0.603. The quantitative estimate of drug-likeness (QED) is 0.822. The average Bonchev–Trinajstić information content (AvgIpc) is 2.81. The minimum Gasteiger partial charge on any atom is -0.321 e. The highest BCUT2D eigenvalue weighted by atomic mass is 79.9. The van der Waals surface area contributed by atoms with Gasteiger partial charge in [0.1, 0.15) is 5.82 Å². The van der Waals surface area contributed by atoms with Crippen molar-refractivity contribution in [2.75, 3.05) is 0 Å². The Morgan fingerprint density at radius 3 is 2.43 bits per heavy atom. The predicted molar refractivity (Wildman–Crippen MR) is 58.7 cm³/mol. The van der Waals surface area contributed by atoms with Crippen molar-refractivity contribution in [3.8, 4) is 0 Å². The van der Waals surface area contributed by atoms with Crippen LogP contribution in [0, 0.1) is 19.7 Å². The van der Waals surface area contributed by atoms with Crippen LogP contribution >= 0.6 is 15.9 Å². The van der Waals surface area contributed by atoms with Crippen molar-refractivity contribution in [1.29, 1.82) is 0 Å². The lowest BCUT2D eigenvalue weighted by Crippen LogP contribution is -2.22. The van der Waals surface area contributed by atoms with Crippen molar-refractivity contribution in [3.05, 3.63) is 33.0 Å². The van der Waals surface area contributed by atoms with Crippen LogP contribution in [0.3, 0.4) is 0 Å². The number of hydrogen-bond donors (Lipinski definition) is 1. The Balaban J connectivity index is 2.68. The van der Waals surface area contributed by atoms with E-state index in [4.69, 9.17) is 5.73 Å². The summed E-state index contributed by atoms with van der Waals surface area (Å²) in [5, 5.41) is 0. The molecule has 1 aromatic rings. The molecule has 2 N–H and O–H groups in total. The number of nitrogens with two attached hydrogens (primary N) is 1. The van der Waals surface area contributed by atoms with E-state index in [2.05, 4.69) is 15.9 Å². The van der Waals surface area contributed by atoms with E-state index >= 15 is 0 Å². The number of hydrogen-bond acceptors (Lipinski definition) is 1. The first-order valence-electron chi connectivity index (χ1n) is 4.70. The summed E-state index contributed by atoms with van der Waals surface area (Å²) in [7, 11) is 0. The second-order valence-corrected chi connectivity index (χ2v) is 4.98. The SMILES string of the molecule is Cc1c(F)cc(Br)c(C)c1C1(N)CC1. The van der Waals surface area contributed by atoms with Crippen LogP contribution in [-0.2, 0) is 5.54 Å². The summed E-state index contributed by atoms with van der Waals surface area (Å²) >= 11 is 3.36. The van der Waals surface area contributed by atoms with Gasteiger partial charge in [0.25, 0.3) is 0 Å². The second-order valence-electron chi connectivity index (χ2n) is 4.12. The fourth-order valence-corrected chi connectivity index (χ4v) is 2.38. The number of rotatable bonds is 1. The van der Waals surface area contributed by atoms with E-state index in [0.717, 1.165) is 28.4 Å². The van der Waals surface area contributed by atoms with Gasteiger partial charge in [-0.1, -0.05) is 15.9 Å². The minimum atomic E-state index is -0.265. The normalized spacial score (nSPS) is 18.4. The Morgan fingerprint density at radius 2 is 1.93 bits per heavy atom. The van der Waals surface area contributed by atoms with Crippen LogP contribution in [0.5, 0.6) is 0 Å². The Bertz CT molecular complexity index is 371. The van der Waals surface area contributed by atoms with Gasteiger partial charge in [-0.25, -0.2) is 4.39 Å². The summed E-state index contributed by atoms with van der Waals surface area (Å²) in [5.74, 6) is -0.172. The molecule has 2 rings (SSSR count). The van der Waals surface area contributed by atoms with Crippen LogP contribution in [-0.4, -0.2) is 0 Å². The Kier molecular flexibility index (Phi) is 2.20. The highest BCUT2D eigenvalue weighted by Gasteiger charge is 2.42. The molecule has 0 aliphatic heterocycles. The summed E-state index contributed by atoms with van der Waals surface area (Å²) in [6, 6.07) is 1.51. The summed E-state index contributed by atoms with van der Waals surface area (Å²) in [5.41, 5.74) is 8.62. The van der Waals surface area contributed by atoms with Gasteiger partial charge in [-0.2, -0.15) is 0 Å². The van der Waals surface area contributed by atoms with Crippen LogP contribution in [0.4, 0.5) is 4.39 Å². The Labute approximate surface area is 91.6 Å². The lowest BCUT2D eigenvalue weighted by Gasteiger charge is -2.18. The first-order valence-corrected chi connectivity index (χ1v) is 5.49. The molecule has 0 atom stereocenters. The zero-order valence-electron chi connectivity index (χ0n) is 8.32. The van der Waals surface area contributed by atoms with E-state index in [1.807, 2.05) is 6.92 Å². The van der Waals surface area contributed by atoms with Gasteiger partial charge in [-0.3, -0.25) is 0 Å². The summed E-state index contributed by atoms with van der Waals surface area (Å²) < 4.78 is 14.3. The zero-order valence-corrected chi connectivity index (χ0v) is 9.91. The topological polar surface area (TPSA) is 26.0 Å². The first-order chi connectivity index (χ1) is 6.46. The fourth-order valence-electron chi connectivity index (χ4n) is 1.98. The van der Waals surface area contributed by atoms with Crippen molar-refractivity contribution in [2.45, 2.75) is 32.2 Å². The standard InChI is InChI=1S/C11H13BrFN/c1-6-8(12)5-9(13)7(2)10(6)11(14)3-4-11/h5H,3-4,14H2,1-2H3. The molecule has 0 saturated heterocycles. The molecule has 0 radical (unpaired) electrons. The second kappa shape index (κ2) is 3.04. The van der Waals surface area contributed by atoms with E-state index < -0.39 is 0 Å². The maximum atomic E-state index is 13.5. The molecule has 0 heterocycles. The Hall–Kier alpha value is -0.410. The van der Waals surface area contributed by atoms with Gasteiger partial charge in [-0.15, -0.1) is 0 Å². The minimum absolute atomic E-state index is 0.172. The molecule has 3 heteroatoms. The van der Waals surface area contributed by atoms with Crippen LogP contribution < -0.4 is 5.73 Å². The van der Waals surface area contributed by atoms with Gasteiger partial charge >= 0.3 is 0 Å². The highest BCUT2D eigenvalue weighted by Crippen LogP contribution is 2.47. The molecule has 76 valence electrons. The third-order valence-corrected chi connectivity index (χ3v) is 3.83. The van der Waals surface area contributed by atoms with Crippen LogP contribution in [0.25, 0.3) is 0 Å². The molecule has 0 unspecified atom stereocenters. The molecule has 0 aromatic heterocycles. The molecule has 0 amide bonds. The zero-order chi connectivity index (χ0) is 10.5. The van der Waals surface area contributed by atoms with Gasteiger partial charge < -0.3 is 5.73 Å². The molecule has 1 fully saturated rings. The molecule has 1 saturated carbocycles. The van der Waals surface area contributed by atoms with Crippen molar-refractivity contribution in [2.24, 2.45) is 5.73 Å². The van der Waals surface area contributed by atoms with Gasteiger partial charge in [0.2, 0.25) is 0 Å². The van der Waals surface area contributed by atoms with Gasteiger partial charge in [0.15, 0.2) is 0 Å². The molecule has 1 aliphatic rings. The fraction of sp³-hybridized carbons (Fsp3) is 0.455. The third kappa shape index (κ3) is 1.39. The average molecular weight is 258 g/mol. The van der Waals surface area contributed by atoms with Crippen molar-refractivity contribution >= 4 is 15.9 Å². The smallest absolute Gasteiger partial charge is 0.127 e. The summed E-state index contributed by atoms with van der Waals surface area (Å²) in [6.07, 6.45) is 1.93. The van der Waals surface area contributed by atoms with Gasteiger partial charge in [-0.05, 0) is 49.4 Å². The van der Waals surface area contributed by atoms with E-state index in [-0.39, 0.29) is 11.4 Å². The van der Waals surface area contributed by atoms with E-state index in [9.17, 15) is 4.39 Å². The number of halogens is 2. The predicted octanol–water partition coefficient (Wildman–Crippen LogP) is 3.15. The maximum Gasteiger partial charge on any atom is 0.127 e. The van der Waals surface area contributed by atoms with Crippen molar-refractivity contribution < 1.29 is 4.39 Å². The molecule has 1 aromatic carbocycles. The van der Waals surface area contributed by atoms with Crippen LogP contribution in [0.1, 0.15) is 29.5 Å². The molecule has 1 nitrogen and oxygen atoms in total. The van der Waals surface area contributed by atoms with Gasteiger partial charge in [0.05, 0.1) is 0 Å². The van der Waals surface area contributed by atoms with Crippen molar-refractivity contribution in [3.63, 3.8) is 0 Å². The molecular formula is C11H13BrFN. The maximum absolute atomic E-state index is 13.5. The van der Waals surface area contributed by atoms with Crippen LogP contribution in [0.15, 0.2) is 10.5 Å². The molecule has 14 heavy (non-hydrogen) atoms.